The van der Waals surface area contributed by atoms with Crippen LogP contribution in [0, 0.1) is 7.05 Å². The van der Waals surface area contributed by atoms with Crippen molar-refractivity contribution in [3.05, 3.63) is 36.9 Å². The third-order valence-electron chi connectivity index (χ3n) is 2.09. The summed E-state index contributed by atoms with van der Waals surface area (Å²) >= 11 is 0. The smallest absolute Gasteiger partial charge is 0.108 e. The summed E-state index contributed by atoms with van der Waals surface area (Å²) in [5.41, 5.74) is 2.84. The molecule has 1 N–H and O–H groups in total. The molecular weight excluding hydrogens is 146 g/mol. The minimum atomic E-state index is 0. The molecule has 1 aliphatic rings. The molecule has 1 heteroatoms. The second-order valence-corrected chi connectivity index (χ2v) is 2.76. The van der Waals surface area contributed by atoms with Crippen LogP contribution in [0.3, 0.4) is 0 Å². The average molecular weight is 165 g/mol. The Morgan fingerprint density at radius 1 is 1.17 bits per heavy atom. The van der Waals surface area contributed by atoms with Crippen LogP contribution in [0.15, 0.2) is 24.3 Å². The van der Waals surface area contributed by atoms with E-state index in [9.17, 15) is 0 Å². The van der Waals surface area contributed by atoms with Gasteiger partial charge in [-0.2, -0.15) is 0 Å². The van der Waals surface area contributed by atoms with Gasteiger partial charge in [0.05, 0.1) is 6.54 Å². The lowest BCUT2D eigenvalue weighted by Gasteiger charge is -2.12. The molecule has 68 valence electrons. The zero-order valence-electron chi connectivity index (χ0n) is 5.93. The summed E-state index contributed by atoms with van der Waals surface area (Å²) in [5.74, 6) is 0. The van der Waals surface area contributed by atoms with E-state index in [1.807, 2.05) is 0 Å². The molecule has 1 atom stereocenters. The van der Waals surface area contributed by atoms with Crippen LogP contribution in [-0.2, 0) is 6.42 Å². The molecule has 0 aliphatic carbocycles. The molecule has 0 saturated carbocycles. The first-order chi connectivity index (χ1) is 4.88. The Balaban J connectivity index is 0.000000605. The molecule has 1 heterocycles. The van der Waals surface area contributed by atoms with Gasteiger partial charge in [0.15, 0.2) is 0 Å². The summed E-state index contributed by atoms with van der Waals surface area (Å²) in [6.07, 6.45) is 1.19. The van der Waals surface area contributed by atoms with Crippen molar-refractivity contribution in [3.8, 4) is 0 Å². The SMILES string of the molecule is C.C.[CH2-][NH+]1CCc2ccccc21. The highest BCUT2D eigenvalue weighted by Gasteiger charge is 2.14. The first kappa shape index (κ1) is 11.2. The third-order valence-corrected chi connectivity index (χ3v) is 2.09. The minimum Gasteiger partial charge on any atom is -0.434 e. The maximum absolute atomic E-state index is 4.00. The van der Waals surface area contributed by atoms with Gasteiger partial charge in [-0.25, -0.2) is 0 Å². The zero-order valence-corrected chi connectivity index (χ0v) is 5.93. The molecule has 12 heavy (non-hydrogen) atoms. The Morgan fingerprint density at radius 3 is 2.50 bits per heavy atom. The lowest BCUT2D eigenvalue weighted by Crippen LogP contribution is -3.00. The number of quaternary nitrogens is 1. The maximum atomic E-state index is 4.00. The van der Waals surface area contributed by atoms with Gasteiger partial charge in [0.2, 0.25) is 0 Å². The van der Waals surface area contributed by atoms with E-state index < -0.39 is 0 Å². The van der Waals surface area contributed by atoms with E-state index in [2.05, 4.69) is 31.3 Å². The van der Waals surface area contributed by atoms with Gasteiger partial charge in [-0.15, -0.1) is 7.05 Å². The van der Waals surface area contributed by atoms with Crippen LogP contribution >= 0.6 is 0 Å². The number of para-hydroxylation sites is 1. The molecule has 1 aliphatic heterocycles. The summed E-state index contributed by atoms with van der Waals surface area (Å²) in [6, 6.07) is 8.52. The molecule has 0 bridgehead atoms. The summed E-state index contributed by atoms with van der Waals surface area (Å²) in [5, 5.41) is 0. The van der Waals surface area contributed by atoms with E-state index in [4.69, 9.17) is 0 Å². The molecule has 1 unspecified atom stereocenters. The van der Waals surface area contributed by atoms with Gasteiger partial charge in [0, 0.05) is 12.0 Å². The van der Waals surface area contributed by atoms with Crippen molar-refractivity contribution in [1.29, 1.82) is 0 Å². The van der Waals surface area contributed by atoms with E-state index in [0.29, 0.717) is 0 Å². The fourth-order valence-electron chi connectivity index (χ4n) is 1.50. The molecule has 0 spiro atoms. The predicted octanol–water partition coefficient (Wildman–Crippen LogP) is 1.82. The van der Waals surface area contributed by atoms with E-state index in [0.717, 1.165) is 6.54 Å². The van der Waals surface area contributed by atoms with Crippen LogP contribution in [0.25, 0.3) is 0 Å². The van der Waals surface area contributed by atoms with Crippen LogP contribution in [0.1, 0.15) is 20.4 Å². The second kappa shape index (κ2) is 4.27. The van der Waals surface area contributed by atoms with Crippen LogP contribution < -0.4 is 4.90 Å². The fourth-order valence-corrected chi connectivity index (χ4v) is 1.50. The predicted molar refractivity (Wildman–Crippen MR) is 54.5 cm³/mol. The van der Waals surface area contributed by atoms with Crippen LogP contribution in [0.4, 0.5) is 5.69 Å². The van der Waals surface area contributed by atoms with Gasteiger partial charge >= 0.3 is 0 Å². The van der Waals surface area contributed by atoms with Crippen LogP contribution in [-0.4, -0.2) is 6.54 Å². The van der Waals surface area contributed by atoms with Gasteiger partial charge in [0.1, 0.15) is 5.69 Å². The molecule has 2 rings (SSSR count). The molecule has 0 saturated heterocycles. The molecule has 1 aromatic rings. The normalized spacial score (nSPS) is 18.9. The van der Waals surface area contributed by atoms with Gasteiger partial charge in [-0.3, -0.25) is 0 Å². The summed E-state index contributed by atoms with van der Waals surface area (Å²) in [7, 11) is 4.00. The van der Waals surface area contributed by atoms with Gasteiger partial charge < -0.3 is 4.90 Å². The van der Waals surface area contributed by atoms with Crippen molar-refractivity contribution in [1.82, 2.24) is 0 Å². The number of fused-ring (bicyclic) bond motifs is 1. The molecular formula is C11H19N. The van der Waals surface area contributed by atoms with Crippen molar-refractivity contribution in [2.75, 3.05) is 6.54 Å². The number of benzene rings is 1. The molecule has 0 radical (unpaired) electrons. The number of hydrogen-bond acceptors (Lipinski definition) is 0. The van der Waals surface area contributed by atoms with Gasteiger partial charge in [-0.1, -0.05) is 33.1 Å². The Bertz CT molecular complexity index is 243. The van der Waals surface area contributed by atoms with E-state index in [1.165, 1.54) is 22.6 Å². The van der Waals surface area contributed by atoms with Gasteiger partial charge in [-0.05, 0) is 6.07 Å². The minimum absolute atomic E-state index is 0. The van der Waals surface area contributed by atoms with E-state index in [1.54, 1.807) is 0 Å². The maximum Gasteiger partial charge on any atom is 0.108 e. The largest absolute Gasteiger partial charge is 0.434 e. The topological polar surface area (TPSA) is 4.44 Å². The van der Waals surface area contributed by atoms with Crippen molar-refractivity contribution < 1.29 is 4.90 Å². The highest BCUT2D eigenvalue weighted by atomic mass is 15.1. The average Bonchev–Trinajstić information content (AvgIpc) is 2.34. The van der Waals surface area contributed by atoms with Crippen LogP contribution in [0.5, 0.6) is 0 Å². The summed E-state index contributed by atoms with van der Waals surface area (Å²) in [6.45, 7) is 1.15. The number of hydrogen-bond donors (Lipinski definition) is 1. The third kappa shape index (κ3) is 1.67. The summed E-state index contributed by atoms with van der Waals surface area (Å²) < 4.78 is 0. The Hall–Kier alpha value is -0.820. The van der Waals surface area contributed by atoms with E-state index in [-0.39, 0.29) is 14.9 Å². The number of nitrogens with one attached hydrogen (secondary N) is 1. The Labute approximate surface area is 76.0 Å². The quantitative estimate of drug-likeness (QED) is 0.559. The highest BCUT2D eigenvalue weighted by molar-refractivity contribution is 5.41. The van der Waals surface area contributed by atoms with Crippen LogP contribution in [0.2, 0.25) is 0 Å². The van der Waals surface area contributed by atoms with Gasteiger partial charge in [0.25, 0.3) is 0 Å². The molecule has 1 aromatic carbocycles. The van der Waals surface area contributed by atoms with Crippen molar-refractivity contribution in [3.63, 3.8) is 0 Å². The molecule has 0 aromatic heterocycles. The van der Waals surface area contributed by atoms with Crippen molar-refractivity contribution in [2.24, 2.45) is 0 Å². The number of rotatable bonds is 0. The monoisotopic (exact) mass is 165 g/mol. The fraction of sp³-hybridized carbons (Fsp3) is 0.364. The zero-order chi connectivity index (χ0) is 6.97. The Morgan fingerprint density at radius 2 is 1.83 bits per heavy atom. The molecule has 0 amide bonds. The molecule has 0 fully saturated rings. The lowest BCUT2D eigenvalue weighted by atomic mass is 10.2. The highest BCUT2D eigenvalue weighted by Crippen LogP contribution is 2.14. The molecule has 1 nitrogen and oxygen atoms in total. The van der Waals surface area contributed by atoms with Crippen molar-refractivity contribution >= 4 is 5.69 Å². The first-order valence-electron chi connectivity index (χ1n) is 3.64. The first-order valence-corrected chi connectivity index (χ1v) is 3.64. The lowest BCUT2D eigenvalue weighted by molar-refractivity contribution is -0.775. The Kier molecular flexibility index (Phi) is 3.98. The van der Waals surface area contributed by atoms with E-state index >= 15 is 0 Å². The second-order valence-electron chi connectivity index (χ2n) is 2.76. The standard InChI is InChI=1S/C9H11N.2CH4/c1-10-7-6-8-4-2-3-5-9(8)10;;/h2-5,10H,1,6-7H2;2*1H4. The summed E-state index contributed by atoms with van der Waals surface area (Å²) in [4.78, 5) is 1.30. The van der Waals surface area contributed by atoms with Crippen molar-refractivity contribution in [2.45, 2.75) is 21.3 Å².